The van der Waals surface area contributed by atoms with Gasteiger partial charge >= 0.3 is 11.8 Å². The van der Waals surface area contributed by atoms with Crippen molar-refractivity contribution in [2.45, 2.75) is 44.6 Å². The summed E-state index contributed by atoms with van der Waals surface area (Å²) in [5, 5.41) is 11.5. The number of likely N-dealkylation sites (tertiary alicyclic amines) is 2. The second kappa shape index (κ2) is 10.1. The Morgan fingerprint density at radius 1 is 1.00 bits per heavy atom. The number of nitrogens with zero attached hydrogens (tertiary/aromatic N) is 5. The summed E-state index contributed by atoms with van der Waals surface area (Å²) in [6.45, 7) is 4.84. The molecule has 2 fully saturated rings. The number of hydrogen-bond acceptors (Lipinski definition) is 6. The number of nitrogens with one attached hydrogen (secondary N) is 2. The van der Waals surface area contributed by atoms with E-state index in [1.165, 1.54) is 6.20 Å². The number of piperidine rings is 2. The van der Waals surface area contributed by atoms with Crippen LogP contribution in [-0.2, 0) is 9.59 Å². The van der Waals surface area contributed by atoms with Gasteiger partial charge in [-0.2, -0.15) is 5.10 Å². The van der Waals surface area contributed by atoms with E-state index < -0.39 is 11.8 Å². The van der Waals surface area contributed by atoms with Crippen molar-refractivity contribution in [3.8, 4) is 0 Å². The topological polar surface area (TPSA) is 107 Å². The third-order valence-electron chi connectivity index (χ3n) is 8.14. The Hall–Kier alpha value is -3.85. The Kier molecular flexibility index (Phi) is 6.53. The molecule has 2 aliphatic heterocycles. The molecule has 2 saturated heterocycles. The van der Waals surface area contributed by atoms with Crippen molar-refractivity contribution in [3.05, 3.63) is 60.2 Å². The largest absolute Gasteiger partial charge is 0.327 e. The van der Waals surface area contributed by atoms with Crippen LogP contribution in [0.1, 0.15) is 55.8 Å². The van der Waals surface area contributed by atoms with Crippen molar-refractivity contribution < 1.29 is 9.59 Å². The Morgan fingerprint density at radius 3 is 2.66 bits per heavy atom. The second-order valence-electron chi connectivity index (χ2n) is 10.9. The summed E-state index contributed by atoms with van der Waals surface area (Å²) < 4.78 is 0. The molecule has 0 radical (unpaired) electrons. The lowest BCUT2D eigenvalue weighted by Crippen LogP contribution is -2.46. The van der Waals surface area contributed by atoms with E-state index in [0.29, 0.717) is 29.6 Å². The average Bonchev–Trinajstić information content (AvgIpc) is 3.42. The minimum absolute atomic E-state index is 0.177. The predicted octanol–water partition coefficient (Wildman–Crippen LogP) is 4.25. The first-order valence-electron chi connectivity index (χ1n) is 13.4. The maximum absolute atomic E-state index is 13.5. The van der Waals surface area contributed by atoms with Gasteiger partial charge in [-0.15, -0.1) is 0 Å². The molecule has 6 rings (SSSR count). The Labute approximate surface area is 221 Å². The van der Waals surface area contributed by atoms with E-state index in [0.717, 1.165) is 66.3 Å². The first kappa shape index (κ1) is 24.5. The lowest BCUT2D eigenvalue weighted by molar-refractivity contribution is -0.146. The van der Waals surface area contributed by atoms with Gasteiger partial charge in [0.05, 0.1) is 35.2 Å². The molecule has 38 heavy (non-hydrogen) atoms. The highest BCUT2D eigenvalue weighted by atomic mass is 16.2. The maximum atomic E-state index is 13.5. The van der Waals surface area contributed by atoms with Crippen LogP contribution in [0.15, 0.2) is 48.9 Å². The molecule has 2 aliphatic rings. The molecule has 2 N–H and O–H groups in total. The van der Waals surface area contributed by atoms with Crippen molar-refractivity contribution in [3.63, 3.8) is 0 Å². The normalized spacial score (nSPS) is 21.2. The van der Waals surface area contributed by atoms with Crippen LogP contribution in [0, 0.1) is 5.92 Å². The highest BCUT2D eigenvalue weighted by Crippen LogP contribution is 2.35. The quantitative estimate of drug-likeness (QED) is 0.398. The van der Waals surface area contributed by atoms with Crippen LogP contribution in [0.25, 0.3) is 21.8 Å². The predicted molar refractivity (Wildman–Crippen MR) is 147 cm³/mol. The summed E-state index contributed by atoms with van der Waals surface area (Å²) >= 11 is 0. The number of amides is 2. The van der Waals surface area contributed by atoms with Gasteiger partial charge in [0.15, 0.2) is 0 Å². The third kappa shape index (κ3) is 4.74. The van der Waals surface area contributed by atoms with E-state index in [4.69, 9.17) is 4.98 Å². The van der Waals surface area contributed by atoms with Gasteiger partial charge in [0.25, 0.3) is 0 Å². The summed E-state index contributed by atoms with van der Waals surface area (Å²) in [6.07, 6.45) is 8.85. The molecule has 0 unspecified atom stereocenters. The van der Waals surface area contributed by atoms with Gasteiger partial charge < -0.3 is 15.1 Å². The number of carbonyl (C=O) groups excluding carboxylic acids is 2. The monoisotopic (exact) mass is 511 g/mol. The zero-order chi connectivity index (χ0) is 26.2. The highest BCUT2D eigenvalue weighted by Gasteiger charge is 2.34. The fourth-order valence-corrected chi connectivity index (χ4v) is 5.88. The molecule has 0 saturated carbocycles. The number of carbonyl (C=O) groups is 2. The third-order valence-corrected chi connectivity index (χ3v) is 8.14. The van der Waals surface area contributed by atoms with Gasteiger partial charge in [0, 0.05) is 35.1 Å². The number of H-pyrrole nitrogens is 1. The molecule has 9 nitrogen and oxygen atoms in total. The van der Waals surface area contributed by atoms with Crippen molar-refractivity contribution in [2.24, 2.45) is 5.92 Å². The maximum Gasteiger partial charge on any atom is 0.314 e. The van der Waals surface area contributed by atoms with Gasteiger partial charge in [-0.1, -0.05) is 25.1 Å². The Bertz CT molecular complexity index is 1490. The lowest BCUT2D eigenvalue weighted by atomic mass is 9.89. The van der Waals surface area contributed by atoms with Gasteiger partial charge in [-0.25, -0.2) is 0 Å². The van der Waals surface area contributed by atoms with Crippen LogP contribution in [0.2, 0.25) is 0 Å². The molecular weight excluding hydrogens is 478 g/mol. The number of aromatic amines is 1. The molecule has 0 aliphatic carbocycles. The molecule has 2 amide bonds. The molecule has 1 aromatic carbocycles. The number of pyridine rings is 2. The summed E-state index contributed by atoms with van der Waals surface area (Å²) in [6, 6.07) is 10.4. The van der Waals surface area contributed by atoms with E-state index in [1.807, 2.05) is 0 Å². The van der Waals surface area contributed by atoms with Crippen molar-refractivity contribution >= 4 is 39.3 Å². The summed E-state index contributed by atoms with van der Waals surface area (Å²) in [5.41, 5.74) is 4.21. The van der Waals surface area contributed by atoms with Crippen LogP contribution < -0.4 is 5.32 Å². The minimum atomic E-state index is -0.670. The molecule has 4 aromatic rings. The van der Waals surface area contributed by atoms with E-state index in [1.54, 1.807) is 17.3 Å². The number of fused-ring (bicyclic) bond motifs is 2. The van der Waals surface area contributed by atoms with E-state index in [2.05, 4.69) is 69.7 Å². The zero-order valence-electron chi connectivity index (χ0n) is 21.9. The Morgan fingerprint density at radius 2 is 1.82 bits per heavy atom. The number of rotatable bonds is 3. The Balaban J connectivity index is 1.26. The van der Waals surface area contributed by atoms with Gasteiger partial charge in [0.2, 0.25) is 0 Å². The molecule has 5 heterocycles. The first-order valence-corrected chi connectivity index (χ1v) is 13.4. The number of anilines is 1. The molecule has 9 heteroatoms. The van der Waals surface area contributed by atoms with Gasteiger partial charge in [-0.3, -0.25) is 24.7 Å². The van der Waals surface area contributed by atoms with Gasteiger partial charge in [-0.05, 0) is 69.4 Å². The molecular formula is C29H33N7O2. The van der Waals surface area contributed by atoms with E-state index in [-0.39, 0.29) is 6.04 Å². The molecule has 3 aromatic heterocycles. The van der Waals surface area contributed by atoms with Crippen LogP contribution >= 0.6 is 0 Å². The summed E-state index contributed by atoms with van der Waals surface area (Å²) in [4.78, 5) is 39.9. The zero-order valence-corrected chi connectivity index (χ0v) is 21.9. The standard InChI is InChI=1S/C29H33N7O2/c1-18-3-8-26(36(17-18)29(38)28(37)33-25-16-30-14-22-15-31-34-27(22)25)21-5-4-19-6-7-23(32-24(19)13-21)20-9-11-35(2)12-10-20/h4-7,13-16,18,20,26H,3,8-12,17H2,1-2H3,(H,31,34)(H,33,37)/t18-,26+/m0/s1. The van der Waals surface area contributed by atoms with Crippen LogP contribution in [0.4, 0.5) is 5.69 Å². The van der Waals surface area contributed by atoms with Crippen molar-refractivity contribution in [2.75, 3.05) is 32.0 Å². The minimum Gasteiger partial charge on any atom is -0.327 e. The number of benzene rings is 1. The fourth-order valence-electron chi connectivity index (χ4n) is 5.88. The van der Waals surface area contributed by atoms with E-state index >= 15 is 0 Å². The van der Waals surface area contributed by atoms with Gasteiger partial charge in [0.1, 0.15) is 0 Å². The van der Waals surface area contributed by atoms with Crippen molar-refractivity contribution in [1.29, 1.82) is 0 Å². The van der Waals surface area contributed by atoms with Crippen molar-refractivity contribution in [1.82, 2.24) is 30.0 Å². The smallest absolute Gasteiger partial charge is 0.314 e. The number of hydrogen-bond donors (Lipinski definition) is 2. The fraction of sp³-hybridized carbons (Fsp3) is 0.414. The second-order valence-corrected chi connectivity index (χ2v) is 10.9. The van der Waals surface area contributed by atoms with Crippen LogP contribution in [-0.4, -0.2) is 68.5 Å². The SMILES string of the molecule is C[C@H]1CC[C@H](c2ccc3ccc(C4CCN(C)CC4)nc3c2)N(C(=O)C(=O)Nc2cncc3cn[nH]c23)C1. The highest BCUT2D eigenvalue weighted by molar-refractivity contribution is 6.40. The molecule has 0 spiro atoms. The number of aromatic nitrogens is 4. The molecule has 0 bridgehead atoms. The van der Waals surface area contributed by atoms with E-state index in [9.17, 15) is 9.59 Å². The summed E-state index contributed by atoms with van der Waals surface area (Å²) in [7, 11) is 2.17. The molecule has 196 valence electrons. The lowest BCUT2D eigenvalue weighted by Gasteiger charge is -2.38. The average molecular weight is 512 g/mol. The molecule has 2 atom stereocenters. The van der Waals surface area contributed by atoms with Crippen LogP contribution in [0.3, 0.4) is 0 Å². The van der Waals surface area contributed by atoms with Crippen LogP contribution in [0.5, 0.6) is 0 Å². The summed E-state index contributed by atoms with van der Waals surface area (Å²) in [5.74, 6) is -0.414. The first-order chi connectivity index (χ1) is 18.5.